The van der Waals surface area contributed by atoms with E-state index in [-0.39, 0.29) is 0 Å². The lowest BCUT2D eigenvalue weighted by Crippen LogP contribution is -2.20. The van der Waals surface area contributed by atoms with Crippen molar-refractivity contribution in [3.63, 3.8) is 0 Å². The van der Waals surface area contributed by atoms with E-state index in [4.69, 9.17) is 0 Å². The first kappa shape index (κ1) is 13.5. The van der Waals surface area contributed by atoms with E-state index < -0.39 is 9.84 Å². The Morgan fingerprint density at radius 1 is 1.47 bits per heavy atom. The Morgan fingerprint density at radius 3 is 2.53 bits per heavy atom. The molecule has 0 N–H and O–H groups in total. The van der Waals surface area contributed by atoms with Crippen LogP contribution in [0.2, 0.25) is 0 Å². The zero-order chi connectivity index (χ0) is 11.5. The Labute approximate surface area is 102 Å². The summed E-state index contributed by atoms with van der Waals surface area (Å²) in [5.74, 6) is 2.46. The Morgan fingerprint density at radius 2 is 2.13 bits per heavy atom. The quantitative estimate of drug-likeness (QED) is 0.731. The van der Waals surface area contributed by atoms with Crippen molar-refractivity contribution in [3.05, 3.63) is 0 Å². The molecule has 3 unspecified atom stereocenters. The molecular weight excluding hydrogens is 276 g/mol. The lowest BCUT2D eigenvalue weighted by Gasteiger charge is -2.23. The summed E-state index contributed by atoms with van der Waals surface area (Å²) in [4.78, 5) is 0. The predicted molar refractivity (Wildman–Crippen MR) is 68.1 cm³/mol. The summed E-state index contributed by atoms with van der Waals surface area (Å²) in [6.07, 6.45) is 3.21. The lowest BCUT2D eigenvalue weighted by atomic mass is 9.85. The molecule has 15 heavy (non-hydrogen) atoms. The van der Waals surface area contributed by atoms with E-state index in [1.807, 2.05) is 0 Å². The molecule has 0 saturated carbocycles. The molecule has 1 aliphatic heterocycles. The summed E-state index contributed by atoms with van der Waals surface area (Å²) in [5.41, 5.74) is 0. The van der Waals surface area contributed by atoms with Gasteiger partial charge >= 0.3 is 0 Å². The molecule has 0 aromatic carbocycles. The molecule has 0 aromatic rings. The zero-order valence-corrected chi connectivity index (χ0v) is 12.0. The molecule has 0 aromatic heterocycles. The maximum Gasteiger partial charge on any atom is 0.150 e. The molecule has 4 heteroatoms. The van der Waals surface area contributed by atoms with Gasteiger partial charge in [0.1, 0.15) is 0 Å². The molecule has 1 fully saturated rings. The van der Waals surface area contributed by atoms with E-state index in [1.165, 1.54) is 6.42 Å². The zero-order valence-electron chi connectivity index (χ0n) is 9.58. The van der Waals surface area contributed by atoms with Gasteiger partial charge in [-0.1, -0.05) is 36.2 Å². The third-order valence-electron chi connectivity index (χ3n) is 3.53. The molecule has 0 bridgehead atoms. The van der Waals surface area contributed by atoms with Gasteiger partial charge in [0, 0.05) is 5.33 Å². The first-order valence-electron chi connectivity index (χ1n) is 5.75. The van der Waals surface area contributed by atoms with Crippen molar-refractivity contribution in [2.75, 3.05) is 16.8 Å². The lowest BCUT2D eigenvalue weighted by molar-refractivity contribution is 0.321. The van der Waals surface area contributed by atoms with Crippen LogP contribution in [0.1, 0.15) is 33.1 Å². The number of alkyl halides is 1. The van der Waals surface area contributed by atoms with Gasteiger partial charge in [-0.05, 0) is 30.6 Å². The maximum absolute atomic E-state index is 11.4. The summed E-state index contributed by atoms with van der Waals surface area (Å²) < 4.78 is 22.8. The highest BCUT2D eigenvalue weighted by molar-refractivity contribution is 9.09. The fraction of sp³-hybridized carbons (Fsp3) is 1.00. The van der Waals surface area contributed by atoms with Crippen LogP contribution in [0.5, 0.6) is 0 Å². The van der Waals surface area contributed by atoms with E-state index in [2.05, 4.69) is 29.8 Å². The van der Waals surface area contributed by atoms with E-state index in [9.17, 15) is 8.42 Å². The Balaban J connectivity index is 2.53. The largest absolute Gasteiger partial charge is 0.229 e. The van der Waals surface area contributed by atoms with Gasteiger partial charge in [0.15, 0.2) is 9.84 Å². The van der Waals surface area contributed by atoms with Gasteiger partial charge in [-0.3, -0.25) is 0 Å². The first-order chi connectivity index (χ1) is 6.98. The van der Waals surface area contributed by atoms with Crippen LogP contribution in [-0.4, -0.2) is 25.3 Å². The number of hydrogen-bond acceptors (Lipinski definition) is 2. The van der Waals surface area contributed by atoms with Crippen LogP contribution in [0, 0.1) is 17.8 Å². The average molecular weight is 297 g/mol. The van der Waals surface area contributed by atoms with Crippen LogP contribution in [0.15, 0.2) is 0 Å². The fourth-order valence-electron chi connectivity index (χ4n) is 2.26. The van der Waals surface area contributed by atoms with Gasteiger partial charge in [-0.2, -0.15) is 0 Å². The van der Waals surface area contributed by atoms with Gasteiger partial charge in [0.05, 0.1) is 11.5 Å². The third kappa shape index (κ3) is 4.06. The highest BCUT2D eigenvalue weighted by Gasteiger charge is 2.33. The number of halogens is 1. The van der Waals surface area contributed by atoms with Crippen molar-refractivity contribution in [3.8, 4) is 0 Å². The predicted octanol–water partition coefficient (Wildman–Crippen LogP) is 2.87. The van der Waals surface area contributed by atoms with Crippen molar-refractivity contribution in [1.29, 1.82) is 0 Å². The number of hydrogen-bond donors (Lipinski definition) is 0. The van der Waals surface area contributed by atoms with Crippen molar-refractivity contribution >= 4 is 25.8 Å². The van der Waals surface area contributed by atoms with E-state index in [1.54, 1.807) is 0 Å². The van der Waals surface area contributed by atoms with E-state index in [0.29, 0.717) is 29.3 Å². The normalized spacial score (nSPS) is 28.9. The molecule has 1 saturated heterocycles. The second kappa shape index (κ2) is 5.67. The minimum absolute atomic E-state index is 0.392. The Bertz CT molecular complexity index is 287. The highest BCUT2D eigenvalue weighted by atomic mass is 79.9. The van der Waals surface area contributed by atoms with Gasteiger partial charge in [0.25, 0.3) is 0 Å². The average Bonchev–Trinajstić information content (AvgIpc) is 2.54. The third-order valence-corrected chi connectivity index (χ3v) is 6.16. The van der Waals surface area contributed by atoms with Gasteiger partial charge in [0.2, 0.25) is 0 Å². The molecule has 0 aliphatic carbocycles. The first-order valence-corrected chi connectivity index (χ1v) is 8.69. The second-order valence-electron chi connectivity index (χ2n) is 4.83. The van der Waals surface area contributed by atoms with E-state index >= 15 is 0 Å². The van der Waals surface area contributed by atoms with Gasteiger partial charge in [-0.25, -0.2) is 8.42 Å². The minimum atomic E-state index is -2.71. The number of rotatable bonds is 5. The monoisotopic (exact) mass is 296 g/mol. The summed E-state index contributed by atoms with van der Waals surface area (Å²) in [5, 5.41) is 0.942. The van der Waals surface area contributed by atoms with Gasteiger partial charge < -0.3 is 0 Å². The van der Waals surface area contributed by atoms with Crippen LogP contribution in [0.3, 0.4) is 0 Å². The van der Waals surface area contributed by atoms with Crippen molar-refractivity contribution in [1.82, 2.24) is 0 Å². The highest BCUT2D eigenvalue weighted by Crippen LogP contribution is 2.32. The summed E-state index contributed by atoms with van der Waals surface area (Å²) in [7, 11) is -2.71. The molecule has 90 valence electrons. The van der Waals surface area contributed by atoms with Crippen molar-refractivity contribution in [2.45, 2.75) is 33.1 Å². The molecule has 1 rings (SSSR count). The standard InChI is InChI=1S/C11H21BrO2S/c1-3-9(2)6-11(7-12)10-4-5-15(13,14)8-10/h9-11H,3-8H2,1-2H3. The second-order valence-corrected chi connectivity index (χ2v) is 7.70. The smallest absolute Gasteiger partial charge is 0.150 e. The summed E-state index contributed by atoms with van der Waals surface area (Å²) >= 11 is 3.53. The molecule has 1 heterocycles. The van der Waals surface area contributed by atoms with Crippen LogP contribution in [0.25, 0.3) is 0 Å². The summed E-state index contributed by atoms with van der Waals surface area (Å²) in [6, 6.07) is 0. The Hall–Kier alpha value is 0.430. The molecule has 1 aliphatic rings. The van der Waals surface area contributed by atoms with Crippen LogP contribution in [0.4, 0.5) is 0 Å². The summed E-state index contributed by atoms with van der Waals surface area (Å²) in [6.45, 7) is 4.44. The molecule has 0 amide bonds. The van der Waals surface area contributed by atoms with Crippen molar-refractivity contribution < 1.29 is 8.42 Å². The maximum atomic E-state index is 11.4. The van der Waals surface area contributed by atoms with E-state index in [0.717, 1.165) is 18.2 Å². The van der Waals surface area contributed by atoms with Crippen LogP contribution >= 0.6 is 15.9 Å². The molecule has 3 atom stereocenters. The fourth-order valence-corrected chi connectivity index (χ4v) is 4.97. The Kier molecular flexibility index (Phi) is 5.10. The van der Waals surface area contributed by atoms with Crippen LogP contribution < -0.4 is 0 Å². The van der Waals surface area contributed by atoms with Crippen LogP contribution in [-0.2, 0) is 9.84 Å². The molecular formula is C11H21BrO2S. The topological polar surface area (TPSA) is 34.1 Å². The molecule has 0 radical (unpaired) electrons. The molecule has 2 nitrogen and oxygen atoms in total. The minimum Gasteiger partial charge on any atom is -0.229 e. The SMILES string of the molecule is CCC(C)CC(CBr)C1CCS(=O)(=O)C1. The van der Waals surface area contributed by atoms with Crippen molar-refractivity contribution in [2.24, 2.45) is 17.8 Å². The number of sulfone groups is 1. The molecule has 0 spiro atoms. The van der Waals surface area contributed by atoms with Gasteiger partial charge in [-0.15, -0.1) is 0 Å².